The highest BCUT2D eigenvalue weighted by Crippen LogP contribution is 2.27. The Balaban J connectivity index is 1.92. The monoisotopic (exact) mass is 282 g/mol. The average Bonchev–Trinajstić information content (AvgIpc) is 2.89. The molecule has 6 nitrogen and oxygen atoms in total. The first kappa shape index (κ1) is 12.9. The largest absolute Gasteiger partial charge is 0.502 e. The summed E-state index contributed by atoms with van der Waals surface area (Å²) in [7, 11) is 0. The van der Waals surface area contributed by atoms with E-state index in [0.717, 1.165) is 5.52 Å². The Morgan fingerprint density at radius 2 is 2.00 bits per heavy atom. The molecule has 2 aromatic carbocycles. The molecule has 0 radical (unpaired) electrons. The fourth-order valence-corrected chi connectivity index (χ4v) is 1.92. The molecule has 0 fully saturated rings. The van der Waals surface area contributed by atoms with E-state index in [1.54, 1.807) is 18.2 Å². The summed E-state index contributed by atoms with van der Waals surface area (Å²) in [6.45, 7) is 0. The second-order valence-electron chi connectivity index (χ2n) is 4.36. The molecule has 0 unspecified atom stereocenters. The van der Waals surface area contributed by atoms with Gasteiger partial charge in [-0.2, -0.15) is 0 Å². The van der Waals surface area contributed by atoms with E-state index < -0.39 is 4.92 Å². The number of fused-ring (bicyclic) bond motifs is 1. The number of rotatable bonds is 3. The van der Waals surface area contributed by atoms with Gasteiger partial charge in [0.15, 0.2) is 11.3 Å². The molecule has 0 aliphatic carbocycles. The molecule has 104 valence electrons. The van der Waals surface area contributed by atoms with E-state index in [2.05, 4.69) is 4.98 Å². The maximum Gasteiger partial charge on any atom is 0.311 e. The highest BCUT2D eigenvalue weighted by atomic mass is 16.6. The van der Waals surface area contributed by atoms with Crippen molar-refractivity contribution in [2.45, 2.75) is 0 Å². The smallest absolute Gasteiger partial charge is 0.311 e. The minimum atomic E-state index is -0.633. The van der Waals surface area contributed by atoms with Gasteiger partial charge in [0.1, 0.15) is 5.52 Å². The lowest BCUT2D eigenvalue weighted by Crippen LogP contribution is -1.88. The molecule has 1 aromatic heterocycles. The normalized spacial score (nSPS) is 11.2. The predicted molar refractivity (Wildman–Crippen MR) is 77.7 cm³/mol. The zero-order chi connectivity index (χ0) is 14.8. The van der Waals surface area contributed by atoms with Crippen LogP contribution in [-0.4, -0.2) is 15.0 Å². The van der Waals surface area contributed by atoms with E-state index >= 15 is 0 Å². The van der Waals surface area contributed by atoms with Gasteiger partial charge in [0.25, 0.3) is 0 Å². The molecule has 0 atom stereocenters. The summed E-state index contributed by atoms with van der Waals surface area (Å²) in [6.07, 6.45) is 3.26. The minimum Gasteiger partial charge on any atom is -0.502 e. The van der Waals surface area contributed by atoms with E-state index in [4.69, 9.17) is 4.42 Å². The van der Waals surface area contributed by atoms with Crippen LogP contribution in [0.2, 0.25) is 0 Å². The van der Waals surface area contributed by atoms with Crippen molar-refractivity contribution in [2.75, 3.05) is 0 Å². The van der Waals surface area contributed by atoms with Crippen molar-refractivity contribution in [3.05, 3.63) is 64.0 Å². The summed E-state index contributed by atoms with van der Waals surface area (Å²) >= 11 is 0. The molecule has 1 heterocycles. The van der Waals surface area contributed by atoms with Gasteiger partial charge < -0.3 is 9.52 Å². The number of nitrogens with zero attached hydrogens (tertiary/aromatic N) is 2. The highest BCUT2D eigenvalue weighted by molar-refractivity contribution is 5.76. The summed E-state index contributed by atoms with van der Waals surface area (Å²) in [5.74, 6) is 0.0472. The van der Waals surface area contributed by atoms with E-state index in [1.165, 1.54) is 12.1 Å². The highest BCUT2D eigenvalue weighted by Gasteiger charge is 2.12. The Hall–Kier alpha value is -3.15. The van der Waals surface area contributed by atoms with Gasteiger partial charge >= 0.3 is 5.69 Å². The third-order valence-electron chi connectivity index (χ3n) is 2.92. The van der Waals surface area contributed by atoms with Gasteiger partial charge in [0, 0.05) is 12.1 Å². The lowest BCUT2D eigenvalue weighted by Gasteiger charge is -1.97. The van der Waals surface area contributed by atoms with Gasteiger partial charge in [-0.1, -0.05) is 18.2 Å². The molecule has 0 aliphatic heterocycles. The quantitative estimate of drug-likeness (QED) is 0.585. The fourth-order valence-electron chi connectivity index (χ4n) is 1.92. The first-order chi connectivity index (χ1) is 10.1. The van der Waals surface area contributed by atoms with Gasteiger partial charge in [-0.05, 0) is 29.8 Å². The van der Waals surface area contributed by atoms with E-state index in [1.807, 2.05) is 24.3 Å². The van der Waals surface area contributed by atoms with Crippen LogP contribution in [0.15, 0.2) is 46.9 Å². The Morgan fingerprint density at radius 3 is 2.76 bits per heavy atom. The number of phenolic OH excluding ortho intramolecular Hbond substituents is 1. The van der Waals surface area contributed by atoms with Crippen LogP contribution in [0.25, 0.3) is 23.3 Å². The third kappa shape index (κ3) is 2.59. The molecule has 21 heavy (non-hydrogen) atoms. The summed E-state index contributed by atoms with van der Waals surface area (Å²) in [4.78, 5) is 14.4. The number of hydrogen-bond donors (Lipinski definition) is 1. The SMILES string of the molecule is O=[N+]([O-])c1cc(/C=C\c2nc3ccccc3o2)ccc1O. The molecular weight excluding hydrogens is 272 g/mol. The number of phenols is 1. The van der Waals surface area contributed by atoms with Crippen LogP contribution < -0.4 is 0 Å². The lowest BCUT2D eigenvalue weighted by molar-refractivity contribution is -0.385. The standard InChI is InChI=1S/C15H10N2O4/c18-13-7-5-10(9-12(13)17(19)20)6-8-15-16-11-3-1-2-4-14(11)21-15/h1-9,18H/b8-6-. The van der Waals surface area contributed by atoms with Crippen molar-refractivity contribution in [1.82, 2.24) is 4.98 Å². The zero-order valence-corrected chi connectivity index (χ0v) is 10.8. The van der Waals surface area contributed by atoms with Gasteiger partial charge in [-0.25, -0.2) is 4.98 Å². The van der Waals surface area contributed by atoms with Crippen molar-refractivity contribution < 1.29 is 14.4 Å². The van der Waals surface area contributed by atoms with Gasteiger partial charge in [0.2, 0.25) is 5.89 Å². The maximum absolute atomic E-state index is 10.8. The Morgan fingerprint density at radius 1 is 1.19 bits per heavy atom. The van der Waals surface area contributed by atoms with Crippen LogP contribution in [0, 0.1) is 10.1 Å². The van der Waals surface area contributed by atoms with Crippen LogP contribution in [0.5, 0.6) is 5.75 Å². The molecule has 0 amide bonds. The van der Waals surface area contributed by atoms with E-state index in [9.17, 15) is 15.2 Å². The Bertz CT molecular complexity index is 819. The van der Waals surface area contributed by atoms with Gasteiger partial charge in [0.05, 0.1) is 4.92 Å². The van der Waals surface area contributed by atoms with Crippen molar-refractivity contribution >= 4 is 28.9 Å². The molecule has 0 saturated carbocycles. The summed E-state index contributed by atoms with van der Waals surface area (Å²) in [6, 6.07) is 11.5. The van der Waals surface area contributed by atoms with Crippen LogP contribution in [-0.2, 0) is 0 Å². The van der Waals surface area contributed by atoms with Crippen LogP contribution in [0.1, 0.15) is 11.5 Å². The number of para-hydroxylation sites is 2. The van der Waals surface area contributed by atoms with Crippen molar-refractivity contribution in [3.8, 4) is 5.75 Å². The number of oxazole rings is 1. The Labute approximate surface area is 119 Å². The van der Waals surface area contributed by atoms with Crippen molar-refractivity contribution in [1.29, 1.82) is 0 Å². The number of aromatic hydroxyl groups is 1. The summed E-state index contributed by atoms with van der Waals surface area (Å²) in [5.41, 5.74) is 1.65. The lowest BCUT2D eigenvalue weighted by atomic mass is 10.2. The zero-order valence-electron chi connectivity index (χ0n) is 10.8. The molecule has 6 heteroatoms. The molecule has 0 bridgehead atoms. The fraction of sp³-hybridized carbons (Fsp3) is 0. The topological polar surface area (TPSA) is 89.4 Å². The van der Waals surface area contributed by atoms with Crippen molar-refractivity contribution in [2.24, 2.45) is 0 Å². The summed E-state index contributed by atoms with van der Waals surface area (Å²) < 4.78 is 5.51. The maximum atomic E-state index is 10.8. The molecule has 1 N–H and O–H groups in total. The molecule has 0 aliphatic rings. The third-order valence-corrected chi connectivity index (χ3v) is 2.92. The minimum absolute atomic E-state index is 0.338. The van der Waals surface area contributed by atoms with E-state index in [-0.39, 0.29) is 11.4 Å². The number of hydrogen-bond acceptors (Lipinski definition) is 5. The molecule has 3 aromatic rings. The number of nitro benzene ring substituents is 1. The van der Waals surface area contributed by atoms with Crippen LogP contribution in [0.4, 0.5) is 5.69 Å². The molecule has 3 rings (SSSR count). The van der Waals surface area contributed by atoms with Gasteiger partial charge in [-0.3, -0.25) is 10.1 Å². The van der Waals surface area contributed by atoms with Crippen molar-refractivity contribution in [3.63, 3.8) is 0 Å². The first-order valence-electron chi connectivity index (χ1n) is 6.14. The van der Waals surface area contributed by atoms with Crippen LogP contribution in [0.3, 0.4) is 0 Å². The predicted octanol–water partition coefficient (Wildman–Crippen LogP) is 3.61. The summed E-state index contributed by atoms with van der Waals surface area (Å²) in [5, 5.41) is 20.1. The molecule has 0 saturated heterocycles. The second-order valence-corrected chi connectivity index (χ2v) is 4.36. The number of nitro groups is 1. The first-order valence-corrected chi connectivity index (χ1v) is 6.14. The van der Waals surface area contributed by atoms with Crippen LogP contribution >= 0.6 is 0 Å². The molecule has 0 spiro atoms. The van der Waals surface area contributed by atoms with Gasteiger partial charge in [-0.15, -0.1) is 0 Å². The Kier molecular flexibility index (Phi) is 3.12. The molecular formula is C15H10N2O4. The number of aromatic nitrogens is 1. The van der Waals surface area contributed by atoms with E-state index in [0.29, 0.717) is 17.0 Å². The number of benzene rings is 2. The average molecular weight is 282 g/mol. The second kappa shape index (κ2) is 5.09.